The van der Waals surface area contributed by atoms with Gasteiger partial charge in [-0.3, -0.25) is 0 Å². The second-order valence-corrected chi connectivity index (χ2v) is 6.58. The van der Waals surface area contributed by atoms with Gasteiger partial charge in [-0.05, 0) is 0 Å². The van der Waals surface area contributed by atoms with Crippen molar-refractivity contribution in [1.82, 2.24) is 21.5 Å². The molecule has 8 nitrogen and oxygen atoms in total. The summed E-state index contributed by atoms with van der Waals surface area (Å²) in [6, 6.07) is 0. The fourth-order valence-corrected chi connectivity index (χ4v) is 2.45. The molecular weight excluding hydrogens is 340 g/mol. The Balaban J connectivity index is 5.70. The first-order valence-electron chi connectivity index (χ1n) is 4.83. The molecule has 0 heterocycles. The van der Waals surface area contributed by atoms with Gasteiger partial charge in [0.1, 0.15) is 0 Å². The fourth-order valence-electron chi connectivity index (χ4n) is 0.625. The van der Waals surface area contributed by atoms with E-state index in [0.29, 0.717) is 0 Å². The van der Waals surface area contributed by atoms with Crippen molar-refractivity contribution in [2.75, 3.05) is 14.1 Å². The van der Waals surface area contributed by atoms with E-state index in [2.05, 4.69) is 29.6 Å². The van der Waals surface area contributed by atoms with E-state index in [-0.39, 0.29) is 10.2 Å². The van der Waals surface area contributed by atoms with Crippen molar-refractivity contribution >= 4 is 44.0 Å². The van der Waals surface area contributed by atoms with Crippen LogP contribution in [0, 0.1) is 0 Å². The number of hydrogen-bond donors (Lipinski definition) is 4. The van der Waals surface area contributed by atoms with E-state index in [1.54, 1.807) is 14.1 Å². The van der Waals surface area contributed by atoms with Crippen molar-refractivity contribution in [3.05, 3.63) is 0 Å². The molecule has 0 aliphatic carbocycles. The van der Waals surface area contributed by atoms with Gasteiger partial charge in [0.2, 0.25) is 0 Å². The minimum absolute atomic E-state index is 0.171. The summed E-state index contributed by atoms with van der Waals surface area (Å²) < 4.78 is 6.69. The second kappa shape index (κ2) is 8.10. The predicted octanol–water partition coefficient (Wildman–Crippen LogP) is -0.382. The number of nitrogens with one attached hydrogen (secondary N) is 4. The third-order valence-electron chi connectivity index (χ3n) is 1.51. The zero-order chi connectivity index (χ0) is 15.1. The topological polar surface area (TPSA) is 107 Å². The van der Waals surface area contributed by atoms with Gasteiger partial charge in [-0.25, -0.2) is 0 Å². The summed E-state index contributed by atoms with van der Waals surface area (Å²) >= 11 is 6.77. The fraction of sp³-hybridized carbons (Fsp3) is 0.500. The van der Waals surface area contributed by atoms with Crippen molar-refractivity contribution in [1.29, 1.82) is 0 Å². The Morgan fingerprint density at radius 3 is 1.42 bits per heavy atom. The van der Waals surface area contributed by atoms with Crippen molar-refractivity contribution in [2.45, 2.75) is 13.8 Å². The summed E-state index contributed by atoms with van der Waals surface area (Å²) in [5.41, 5.74) is 4.84. The molecule has 0 aliphatic rings. The van der Waals surface area contributed by atoms with Gasteiger partial charge in [0, 0.05) is 0 Å². The van der Waals surface area contributed by atoms with Crippen LogP contribution < -0.4 is 21.5 Å². The third kappa shape index (κ3) is 5.15. The maximum absolute atomic E-state index is 11.7. The second-order valence-electron chi connectivity index (χ2n) is 2.75. The van der Waals surface area contributed by atoms with E-state index in [1.807, 2.05) is 0 Å². The van der Waals surface area contributed by atoms with Crippen molar-refractivity contribution in [3.8, 4) is 0 Å². The molecule has 0 aromatic carbocycles. The van der Waals surface area contributed by atoms with Crippen LogP contribution in [0.5, 0.6) is 0 Å². The van der Waals surface area contributed by atoms with E-state index in [4.69, 9.17) is 24.4 Å². The van der Waals surface area contributed by atoms with Gasteiger partial charge < -0.3 is 0 Å². The van der Waals surface area contributed by atoms with E-state index in [1.165, 1.54) is 13.8 Å². The maximum atomic E-state index is 11.7. The Morgan fingerprint density at radius 2 is 1.21 bits per heavy atom. The quantitative estimate of drug-likeness (QED) is 0.307. The van der Waals surface area contributed by atoms with E-state index < -0.39 is 21.8 Å². The molecule has 0 spiro atoms. The third-order valence-corrected chi connectivity index (χ3v) is 4.77. The molecule has 0 unspecified atom stereocenters. The molecule has 0 aliphatic heterocycles. The molecular formula is C8H16CuN6O2S2. The van der Waals surface area contributed by atoms with Gasteiger partial charge in [0.05, 0.1) is 0 Å². The van der Waals surface area contributed by atoms with Crippen LogP contribution in [-0.2, 0) is 22.0 Å². The summed E-state index contributed by atoms with van der Waals surface area (Å²) in [5, 5.41) is 5.56. The van der Waals surface area contributed by atoms with Crippen LogP contribution in [-0.4, -0.2) is 33.7 Å². The summed E-state index contributed by atoms with van der Waals surface area (Å²) in [7, 11) is 3.16. The van der Waals surface area contributed by atoms with Crippen molar-refractivity contribution in [2.24, 2.45) is 8.14 Å². The Hall–Kier alpha value is -1.16. The molecule has 0 saturated heterocycles. The number of thiocarbonyl (C=S) groups is 2. The number of rotatable bonds is 4. The zero-order valence-corrected chi connectivity index (χ0v) is 13.4. The van der Waals surface area contributed by atoms with Crippen molar-refractivity contribution < 1.29 is 22.0 Å². The Kier molecular flexibility index (Phi) is 7.60. The van der Waals surface area contributed by atoms with Crippen LogP contribution >= 0.6 is 24.4 Å². The standard InChI is InChI=1S/2C2H5N3S.2C2H3O.Cu/c2*1-4-2(6)5-3;2*1-2-3;/h2*1H3,(H2,4,5,6);2*1H3;. The van der Waals surface area contributed by atoms with E-state index >= 15 is 0 Å². The van der Waals surface area contributed by atoms with Gasteiger partial charge in [0.25, 0.3) is 0 Å². The SMILES string of the molecule is CNC(=S)N[N]=[Cu](=[N]NC(=S)NC)([C](C)=O)[C](C)=O. The molecule has 0 aromatic heterocycles. The van der Waals surface area contributed by atoms with Crippen LogP contribution in [0.1, 0.15) is 13.8 Å². The zero-order valence-electron chi connectivity index (χ0n) is 10.8. The first kappa shape index (κ1) is 17.8. The molecule has 0 fully saturated rings. The summed E-state index contributed by atoms with van der Waals surface area (Å²) in [5.74, 6) is 0. The predicted molar refractivity (Wildman–Crippen MR) is 75.8 cm³/mol. The average molecular weight is 356 g/mol. The Labute approximate surface area is 123 Å². The molecule has 0 atom stereocenters. The number of carbonyl (C=O) groups excluding carboxylic acids is 2. The monoisotopic (exact) mass is 355 g/mol. The van der Waals surface area contributed by atoms with Crippen molar-refractivity contribution in [3.63, 3.8) is 0 Å². The van der Waals surface area contributed by atoms with Crippen LogP contribution in [0.4, 0.5) is 0 Å². The van der Waals surface area contributed by atoms with Gasteiger partial charge in [-0.2, -0.15) is 0 Å². The molecule has 11 heteroatoms. The van der Waals surface area contributed by atoms with Crippen LogP contribution in [0.25, 0.3) is 0 Å². The normalized spacial score (nSPS) is 10.7. The van der Waals surface area contributed by atoms with Gasteiger partial charge in [-0.15, -0.1) is 0 Å². The molecule has 19 heavy (non-hydrogen) atoms. The molecule has 4 N–H and O–H groups in total. The van der Waals surface area contributed by atoms with Crippen LogP contribution in [0.3, 0.4) is 0 Å². The minimum atomic E-state index is -2.88. The van der Waals surface area contributed by atoms with Gasteiger partial charge >= 0.3 is 124 Å². The Bertz CT molecular complexity index is 473. The summed E-state index contributed by atoms with van der Waals surface area (Å²) in [4.78, 5) is 23.5. The molecule has 0 radical (unpaired) electrons. The van der Waals surface area contributed by atoms with Gasteiger partial charge in [0.15, 0.2) is 0 Å². The van der Waals surface area contributed by atoms with E-state index in [9.17, 15) is 9.59 Å². The van der Waals surface area contributed by atoms with Gasteiger partial charge in [-0.1, -0.05) is 0 Å². The van der Waals surface area contributed by atoms with Crippen LogP contribution in [0.15, 0.2) is 8.14 Å². The summed E-state index contributed by atoms with van der Waals surface area (Å²) in [6.45, 7) is 2.46. The van der Waals surface area contributed by atoms with Crippen LogP contribution in [0.2, 0.25) is 0 Å². The average Bonchev–Trinajstić information content (AvgIpc) is 2.37. The first-order chi connectivity index (χ1) is 8.80. The number of hydrogen-bond acceptors (Lipinski definition) is 6. The molecule has 0 bridgehead atoms. The Morgan fingerprint density at radius 1 is 0.895 bits per heavy atom. The molecule has 113 valence electrons. The molecule has 0 aromatic rings. The molecule has 0 amide bonds. The van der Waals surface area contributed by atoms with E-state index in [0.717, 1.165) is 0 Å². The number of nitrogens with zero attached hydrogens (tertiary/aromatic N) is 2. The molecule has 0 rings (SSSR count). The molecule has 0 saturated carbocycles. The first-order valence-corrected chi connectivity index (χ1v) is 7.44. The summed E-state index contributed by atoms with van der Waals surface area (Å²) in [6.07, 6.45) is 0. The number of carbonyl (C=O) groups is 2.